The second kappa shape index (κ2) is 13.0. The Hall–Kier alpha value is -3.12. The lowest BCUT2D eigenvalue weighted by molar-refractivity contribution is -0.137. The summed E-state index contributed by atoms with van der Waals surface area (Å²) in [7, 11) is 1.57. The molecule has 2 aromatic rings. The molecular weight excluding hydrogens is 549 g/mol. The number of rotatable bonds is 10. The molecule has 1 aromatic heterocycles. The number of halogens is 4. The minimum atomic E-state index is -4.71. The second-order valence-electron chi connectivity index (χ2n) is 10.3. The summed E-state index contributed by atoms with van der Waals surface area (Å²) in [5.41, 5.74) is 5.23. The predicted octanol–water partition coefficient (Wildman–Crippen LogP) is 4.13. The zero-order chi connectivity index (χ0) is 29.8. The van der Waals surface area contributed by atoms with Crippen LogP contribution < -0.4 is 21.9 Å². The minimum Gasteiger partial charge on any atom is -0.359 e. The van der Waals surface area contributed by atoms with E-state index in [-0.39, 0.29) is 42.1 Å². The molecule has 0 bridgehead atoms. The highest BCUT2D eigenvalue weighted by Gasteiger charge is 2.36. The van der Waals surface area contributed by atoms with Crippen molar-refractivity contribution >= 4 is 29.4 Å². The van der Waals surface area contributed by atoms with Crippen LogP contribution in [0.1, 0.15) is 79.7 Å². The summed E-state index contributed by atoms with van der Waals surface area (Å²) in [5, 5.41) is 5.32. The van der Waals surface area contributed by atoms with E-state index in [1.54, 1.807) is 18.5 Å². The van der Waals surface area contributed by atoms with Crippen molar-refractivity contribution in [3.63, 3.8) is 0 Å². The average Bonchev–Trinajstić information content (AvgIpc) is 2.87. The van der Waals surface area contributed by atoms with Crippen molar-refractivity contribution in [3.05, 3.63) is 56.0 Å². The molecule has 4 N–H and O–H groups in total. The van der Waals surface area contributed by atoms with Gasteiger partial charge in [0.1, 0.15) is 0 Å². The Bertz CT molecular complexity index is 1300. The number of hydrogen-bond acceptors (Lipinski definition) is 6. The van der Waals surface area contributed by atoms with E-state index in [9.17, 15) is 27.6 Å². The van der Waals surface area contributed by atoms with Crippen LogP contribution in [0.3, 0.4) is 0 Å². The van der Waals surface area contributed by atoms with E-state index in [4.69, 9.17) is 22.3 Å². The third kappa shape index (κ3) is 7.14. The van der Waals surface area contributed by atoms with Gasteiger partial charge in [-0.2, -0.15) is 13.2 Å². The van der Waals surface area contributed by atoms with Gasteiger partial charge in [-0.15, -0.1) is 0 Å². The lowest BCUT2D eigenvalue weighted by atomic mass is 9.97. The van der Waals surface area contributed by atoms with Crippen molar-refractivity contribution in [1.82, 2.24) is 19.8 Å². The first kappa shape index (κ1) is 31.4. The second-order valence-corrected chi connectivity index (χ2v) is 10.7. The fraction of sp³-hybridized carbons (Fsp3) is 0.556. The van der Waals surface area contributed by atoms with Gasteiger partial charge in [0.15, 0.2) is 0 Å². The zero-order valence-corrected chi connectivity index (χ0v) is 23.8. The number of amides is 2. The number of benzene rings is 1. The largest absolute Gasteiger partial charge is 0.417 e. The van der Waals surface area contributed by atoms with Crippen molar-refractivity contribution in [3.8, 4) is 0 Å². The van der Waals surface area contributed by atoms with Gasteiger partial charge in [-0.25, -0.2) is 4.98 Å². The van der Waals surface area contributed by atoms with Crippen LogP contribution in [0.25, 0.3) is 0 Å². The number of anilines is 1. The number of carbonyl (C=O) groups is 2. The molecular formula is C27H36ClF3N6O3. The molecule has 220 valence electrons. The van der Waals surface area contributed by atoms with Crippen molar-refractivity contribution in [1.29, 1.82) is 0 Å². The van der Waals surface area contributed by atoms with Crippen molar-refractivity contribution in [2.45, 2.75) is 83.7 Å². The molecule has 1 aliphatic heterocycles. The van der Waals surface area contributed by atoms with Crippen LogP contribution in [-0.4, -0.2) is 51.9 Å². The number of carbonyl (C=O) groups excluding carboxylic acids is 2. The molecule has 0 saturated carbocycles. The molecule has 0 radical (unpaired) electrons. The van der Waals surface area contributed by atoms with Crippen molar-refractivity contribution < 1.29 is 22.8 Å². The first-order valence-corrected chi connectivity index (χ1v) is 13.6. The summed E-state index contributed by atoms with van der Waals surface area (Å²) in [6.45, 7) is 5.83. The van der Waals surface area contributed by atoms with Gasteiger partial charge in [0.25, 0.3) is 11.5 Å². The number of nitrogens with one attached hydrogen (secondary N) is 2. The molecule has 2 amide bonds. The van der Waals surface area contributed by atoms with Crippen LogP contribution >= 0.6 is 11.6 Å². The topological polar surface area (TPSA) is 122 Å². The predicted molar refractivity (Wildman–Crippen MR) is 147 cm³/mol. The van der Waals surface area contributed by atoms with Gasteiger partial charge < -0.3 is 21.3 Å². The maximum atomic E-state index is 13.9. The summed E-state index contributed by atoms with van der Waals surface area (Å²) in [4.78, 5) is 45.2. The van der Waals surface area contributed by atoms with Crippen molar-refractivity contribution in [2.75, 3.05) is 18.9 Å². The minimum absolute atomic E-state index is 0.0413. The average molecular weight is 585 g/mol. The molecule has 0 aliphatic carbocycles. The smallest absolute Gasteiger partial charge is 0.359 e. The van der Waals surface area contributed by atoms with E-state index in [0.29, 0.717) is 49.4 Å². The monoisotopic (exact) mass is 584 g/mol. The number of nitrogens with two attached hydrogens (primary N) is 1. The molecule has 1 unspecified atom stereocenters. The number of hydrogen-bond donors (Lipinski definition) is 3. The fourth-order valence-corrected chi connectivity index (χ4v) is 5.13. The highest BCUT2D eigenvalue weighted by molar-refractivity contribution is 6.31. The lowest BCUT2D eigenvalue weighted by Crippen LogP contribution is -2.46. The Morgan fingerprint density at radius 1 is 1.25 bits per heavy atom. The third-order valence-corrected chi connectivity index (χ3v) is 7.26. The van der Waals surface area contributed by atoms with Gasteiger partial charge in [-0.05, 0) is 71.2 Å². The molecule has 0 fully saturated rings. The number of alkyl halides is 3. The molecule has 3 rings (SSSR count). The number of aromatic nitrogens is 2. The SMILES string of the molecule is CNC(=O)CCCC(CCN)n1c(NC(C)C)nc2c(c1=O)C[C@@H](C)N(C(=O)c1ccc(Cl)c(C(F)(F)F)c1)C2. The highest BCUT2D eigenvalue weighted by atomic mass is 35.5. The Balaban J connectivity index is 2.00. The van der Waals surface area contributed by atoms with Gasteiger partial charge in [0, 0.05) is 42.7 Å². The van der Waals surface area contributed by atoms with Gasteiger partial charge >= 0.3 is 6.18 Å². The molecule has 9 nitrogen and oxygen atoms in total. The van der Waals surface area contributed by atoms with E-state index >= 15 is 0 Å². The number of fused-ring (bicyclic) bond motifs is 1. The van der Waals surface area contributed by atoms with Gasteiger partial charge in [-0.3, -0.25) is 19.0 Å². The van der Waals surface area contributed by atoms with E-state index in [0.717, 1.165) is 12.1 Å². The van der Waals surface area contributed by atoms with Gasteiger partial charge in [-0.1, -0.05) is 11.6 Å². The first-order valence-electron chi connectivity index (χ1n) is 13.3. The lowest BCUT2D eigenvalue weighted by Gasteiger charge is -2.35. The Labute approximate surface area is 236 Å². The standard InChI is InChI=1S/C27H36ClF3N6O3/c1-15(2)34-26-35-22-14-36(24(39)17-8-9-21(28)20(13-17)27(29,30)31)16(3)12-19(22)25(40)37(26)18(10-11-32)6-5-7-23(38)33-4/h8-9,13,15-16,18H,5-7,10-12,14,32H2,1-4H3,(H,33,38)(H,34,35)/t16-,18?/m1/s1. The van der Waals surface area contributed by atoms with E-state index in [1.807, 2.05) is 13.8 Å². The summed E-state index contributed by atoms with van der Waals surface area (Å²) >= 11 is 5.73. The Morgan fingerprint density at radius 2 is 1.95 bits per heavy atom. The summed E-state index contributed by atoms with van der Waals surface area (Å²) < 4.78 is 41.8. The molecule has 1 aliphatic rings. The maximum Gasteiger partial charge on any atom is 0.417 e. The zero-order valence-electron chi connectivity index (χ0n) is 23.1. The molecule has 13 heteroatoms. The van der Waals surface area contributed by atoms with E-state index in [2.05, 4.69) is 10.6 Å². The molecule has 40 heavy (non-hydrogen) atoms. The van der Waals surface area contributed by atoms with E-state index < -0.39 is 28.7 Å². The maximum absolute atomic E-state index is 13.9. The molecule has 0 spiro atoms. The normalized spacial score (nSPS) is 16.1. The van der Waals surface area contributed by atoms with Crippen LogP contribution in [0.4, 0.5) is 19.1 Å². The van der Waals surface area contributed by atoms with Gasteiger partial charge in [0.05, 0.1) is 22.8 Å². The van der Waals surface area contributed by atoms with Crippen LogP contribution in [0.2, 0.25) is 5.02 Å². The molecule has 1 aromatic carbocycles. The van der Waals surface area contributed by atoms with E-state index in [1.165, 1.54) is 11.0 Å². The van der Waals surface area contributed by atoms with Gasteiger partial charge in [0.2, 0.25) is 11.9 Å². The Kier molecular flexibility index (Phi) is 10.2. The summed E-state index contributed by atoms with van der Waals surface area (Å²) in [6.07, 6.45) is -2.63. The molecule has 0 saturated heterocycles. The number of nitrogens with zero attached hydrogens (tertiary/aromatic N) is 3. The quantitative estimate of drug-likeness (QED) is 0.386. The van der Waals surface area contributed by atoms with Crippen molar-refractivity contribution in [2.24, 2.45) is 5.73 Å². The summed E-state index contributed by atoms with van der Waals surface area (Å²) in [6, 6.07) is 2.22. The summed E-state index contributed by atoms with van der Waals surface area (Å²) in [5.74, 6) is -0.380. The Morgan fingerprint density at radius 3 is 2.55 bits per heavy atom. The highest BCUT2D eigenvalue weighted by Crippen LogP contribution is 2.36. The van der Waals surface area contributed by atoms with Crippen LogP contribution in [-0.2, 0) is 23.9 Å². The third-order valence-electron chi connectivity index (χ3n) is 6.93. The van der Waals surface area contributed by atoms with Crippen LogP contribution in [0.15, 0.2) is 23.0 Å². The fourth-order valence-electron chi connectivity index (χ4n) is 4.90. The first-order chi connectivity index (χ1) is 18.8. The van der Waals surface area contributed by atoms with Crippen LogP contribution in [0, 0.1) is 0 Å². The molecule has 2 heterocycles. The molecule has 2 atom stereocenters. The van der Waals surface area contributed by atoms with Crippen LogP contribution in [0.5, 0.6) is 0 Å².